The van der Waals surface area contributed by atoms with Crippen LogP contribution in [0.25, 0.3) is 0 Å². The van der Waals surface area contributed by atoms with E-state index in [2.05, 4.69) is 57.1 Å². The molecule has 108 valence electrons. The minimum absolute atomic E-state index is 0.326. The van der Waals surface area contributed by atoms with Crippen molar-refractivity contribution in [1.82, 2.24) is 5.32 Å². The maximum absolute atomic E-state index is 5.44. The standard InChI is InChI=1S/C14H21Br2NO2/c1-9(2)13(8-18-3)17-7-10-5-11(15)6-12(16)14(10)19-4/h5-6,9,13,17H,7-8H2,1-4H3. The van der Waals surface area contributed by atoms with Gasteiger partial charge in [0.1, 0.15) is 5.75 Å². The molecule has 0 aliphatic heterocycles. The zero-order chi connectivity index (χ0) is 14.4. The lowest BCUT2D eigenvalue weighted by atomic mass is 10.0. The Morgan fingerprint density at radius 2 is 1.89 bits per heavy atom. The molecular formula is C14H21Br2NO2. The molecule has 1 unspecified atom stereocenters. The molecule has 0 heterocycles. The summed E-state index contributed by atoms with van der Waals surface area (Å²) in [6.45, 7) is 5.82. The van der Waals surface area contributed by atoms with Gasteiger partial charge in [-0.25, -0.2) is 0 Å². The van der Waals surface area contributed by atoms with Crippen LogP contribution < -0.4 is 10.1 Å². The van der Waals surface area contributed by atoms with Crippen molar-refractivity contribution in [3.8, 4) is 5.75 Å². The van der Waals surface area contributed by atoms with E-state index in [0.717, 1.165) is 26.8 Å². The van der Waals surface area contributed by atoms with Crippen molar-refractivity contribution in [3.05, 3.63) is 26.6 Å². The van der Waals surface area contributed by atoms with E-state index in [1.165, 1.54) is 0 Å². The molecule has 1 aromatic rings. The average molecular weight is 395 g/mol. The molecule has 19 heavy (non-hydrogen) atoms. The number of halogens is 2. The van der Waals surface area contributed by atoms with Gasteiger partial charge in [0, 0.05) is 29.7 Å². The third kappa shape index (κ3) is 5.06. The first-order valence-corrected chi connectivity index (χ1v) is 7.82. The minimum atomic E-state index is 0.326. The Hall–Kier alpha value is -0.100. The maximum atomic E-state index is 5.44. The summed E-state index contributed by atoms with van der Waals surface area (Å²) in [6.07, 6.45) is 0. The molecule has 0 radical (unpaired) electrons. The normalized spacial score (nSPS) is 12.8. The van der Waals surface area contributed by atoms with Crippen molar-refractivity contribution in [2.24, 2.45) is 5.92 Å². The highest BCUT2D eigenvalue weighted by Gasteiger charge is 2.15. The second kappa shape index (κ2) is 8.25. The van der Waals surface area contributed by atoms with Gasteiger partial charge in [-0.15, -0.1) is 0 Å². The molecule has 1 atom stereocenters. The summed E-state index contributed by atoms with van der Waals surface area (Å²) in [5.41, 5.74) is 1.12. The van der Waals surface area contributed by atoms with Gasteiger partial charge < -0.3 is 14.8 Å². The molecular weight excluding hydrogens is 374 g/mol. The highest BCUT2D eigenvalue weighted by atomic mass is 79.9. The van der Waals surface area contributed by atoms with Gasteiger partial charge in [0.25, 0.3) is 0 Å². The van der Waals surface area contributed by atoms with Gasteiger partial charge in [0.15, 0.2) is 0 Å². The monoisotopic (exact) mass is 393 g/mol. The van der Waals surface area contributed by atoms with Gasteiger partial charge in [-0.2, -0.15) is 0 Å². The molecule has 0 aliphatic rings. The van der Waals surface area contributed by atoms with Crippen LogP contribution >= 0.6 is 31.9 Å². The van der Waals surface area contributed by atoms with Crippen LogP contribution in [0.5, 0.6) is 5.75 Å². The van der Waals surface area contributed by atoms with E-state index in [1.807, 2.05) is 6.07 Å². The van der Waals surface area contributed by atoms with Crippen molar-refractivity contribution < 1.29 is 9.47 Å². The summed E-state index contributed by atoms with van der Waals surface area (Å²) in [5.74, 6) is 1.39. The van der Waals surface area contributed by atoms with E-state index in [9.17, 15) is 0 Å². The molecule has 1 N–H and O–H groups in total. The predicted molar refractivity (Wildman–Crippen MR) is 85.7 cm³/mol. The van der Waals surface area contributed by atoms with E-state index in [0.29, 0.717) is 18.6 Å². The van der Waals surface area contributed by atoms with Crippen molar-refractivity contribution in [1.29, 1.82) is 0 Å². The van der Waals surface area contributed by atoms with E-state index in [-0.39, 0.29) is 0 Å². The Morgan fingerprint density at radius 3 is 2.42 bits per heavy atom. The van der Waals surface area contributed by atoms with Crippen molar-refractivity contribution in [3.63, 3.8) is 0 Å². The quantitative estimate of drug-likeness (QED) is 0.758. The number of hydrogen-bond donors (Lipinski definition) is 1. The van der Waals surface area contributed by atoms with Crippen LogP contribution in [-0.2, 0) is 11.3 Å². The highest BCUT2D eigenvalue weighted by molar-refractivity contribution is 9.11. The molecule has 0 bridgehead atoms. The molecule has 0 saturated carbocycles. The lowest BCUT2D eigenvalue weighted by Gasteiger charge is -2.22. The second-order valence-electron chi connectivity index (χ2n) is 4.77. The predicted octanol–water partition coefficient (Wildman–Crippen LogP) is 3.98. The molecule has 0 spiro atoms. The van der Waals surface area contributed by atoms with E-state index >= 15 is 0 Å². The molecule has 0 aromatic heterocycles. The Kier molecular flexibility index (Phi) is 7.36. The van der Waals surface area contributed by atoms with Crippen LogP contribution in [0.15, 0.2) is 21.1 Å². The molecule has 1 aromatic carbocycles. The van der Waals surface area contributed by atoms with Crippen LogP contribution in [0.3, 0.4) is 0 Å². The number of nitrogens with one attached hydrogen (secondary N) is 1. The number of ether oxygens (including phenoxy) is 2. The molecule has 0 aliphatic carbocycles. The fourth-order valence-electron chi connectivity index (χ4n) is 1.88. The number of methoxy groups -OCH3 is 2. The van der Waals surface area contributed by atoms with E-state index in [4.69, 9.17) is 9.47 Å². The number of hydrogen-bond acceptors (Lipinski definition) is 3. The Morgan fingerprint density at radius 1 is 1.21 bits per heavy atom. The highest BCUT2D eigenvalue weighted by Crippen LogP contribution is 2.32. The minimum Gasteiger partial charge on any atom is -0.495 e. The zero-order valence-electron chi connectivity index (χ0n) is 11.8. The summed E-state index contributed by atoms with van der Waals surface area (Å²) in [4.78, 5) is 0. The fourth-order valence-corrected chi connectivity index (χ4v) is 3.36. The van der Waals surface area contributed by atoms with Gasteiger partial charge in [0.05, 0.1) is 18.2 Å². The van der Waals surface area contributed by atoms with Crippen molar-refractivity contribution in [2.45, 2.75) is 26.4 Å². The molecule has 0 saturated heterocycles. The van der Waals surface area contributed by atoms with Crippen LogP contribution in [0.1, 0.15) is 19.4 Å². The van der Waals surface area contributed by atoms with Gasteiger partial charge in [-0.3, -0.25) is 0 Å². The van der Waals surface area contributed by atoms with Crippen LogP contribution in [-0.4, -0.2) is 26.9 Å². The van der Waals surface area contributed by atoms with Crippen molar-refractivity contribution >= 4 is 31.9 Å². The largest absolute Gasteiger partial charge is 0.495 e. The average Bonchev–Trinajstić information content (AvgIpc) is 2.33. The molecule has 3 nitrogen and oxygen atoms in total. The SMILES string of the molecule is COCC(NCc1cc(Br)cc(Br)c1OC)C(C)C. The lowest BCUT2D eigenvalue weighted by molar-refractivity contribution is 0.146. The number of rotatable bonds is 7. The number of benzene rings is 1. The van der Waals surface area contributed by atoms with E-state index in [1.54, 1.807) is 14.2 Å². The Bertz CT molecular complexity index is 411. The van der Waals surface area contributed by atoms with Crippen LogP contribution in [0.4, 0.5) is 0 Å². The fraction of sp³-hybridized carbons (Fsp3) is 0.571. The summed E-state index contributed by atoms with van der Waals surface area (Å²) >= 11 is 7.02. The summed E-state index contributed by atoms with van der Waals surface area (Å²) in [7, 11) is 3.42. The van der Waals surface area contributed by atoms with E-state index < -0.39 is 0 Å². The van der Waals surface area contributed by atoms with Gasteiger partial charge in [0.2, 0.25) is 0 Å². The third-order valence-electron chi connectivity index (χ3n) is 3.00. The zero-order valence-corrected chi connectivity index (χ0v) is 15.0. The first kappa shape index (κ1) is 17.0. The second-order valence-corrected chi connectivity index (χ2v) is 6.54. The van der Waals surface area contributed by atoms with Crippen LogP contribution in [0, 0.1) is 5.92 Å². The summed E-state index contributed by atoms with van der Waals surface area (Å²) < 4.78 is 12.7. The van der Waals surface area contributed by atoms with Crippen molar-refractivity contribution in [2.75, 3.05) is 20.8 Å². The van der Waals surface area contributed by atoms with Crippen LogP contribution in [0.2, 0.25) is 0 Å². The van der Waals surface area contributed by atoms with Gasteiger partial charge in [-0.05, 0) is 34.0 Å². The van der Waals surface area contributed by atoms with Gasteiger partial charge in [-0.1, -0.05) is 29.8 Å². The Balaban J connectivity index is 2.81. The molecule has 0 amide bonds. The molecule has 0 fully saturated rings. The molecule has 5 heteroatoms. The molecule has 1 rings (SSSR count). The third-order valence-corrected chi connectivity index (χ3v) is 4.04. The van der Waals surface area contributed by atoms with Gasteiger partial charge >= 0.3 is 0 Å². The summed E-state index contributed by atoms with van der Waals surface area (Å²) in [6, 6.07) is 4.38. The first-order chi connectivity index (χ1) is 8.99. The smallest absolute Gasteiger partial charge is 0.137 e. The maximum Gasteiger partial charge on any atom is 0.137 e. The lowest BCUT2D eigenvalue weighted by Crippen LogP contribution is -2.37. The summed E-state index contributed by atoms with van der Waals surface area (Å²) in [5, 5.41) is 3.52. The first-order valence-electron chi connectivity index (χ1n) is 6.23. The Labute approximate surface area is 132 Å². The topological polar surface area (TPSA) is 30.5 Å².